The Morgan fingerprint density at radius 2 is 2.12 bits per heavy atom. The number of nitrogens with zero attached hydrogens (tertiary/aromatic N) is 3. The number of hydrogen-bond donors (Lipinski definition) is 0. The molecule has 1 saturated carbocycles. The number of ether oxygens (including phenoxy) is 1. The van der Waals surface area contributed by atoms with Gasteiger partial charge in [0.2, 0.25) is 5.91 Å². The number of rotatable bonds is 5. The second-order valence-corrected chi connectivity index (χ2v) is 6.53. The molecule has 1 amide bonds. The monoisotopic (exact) mass is 327 g/mol. The van der Waals surface area contributed by atoms with Crippen molar-refractivity contribution in [3.63, 3.8) is 0 Å². The predicted molar refractivity (Wildman–Crippen MR) is 88.5 cm³/mol. The van der Waals surface area contributed by atoms with Crippen LogP contribution in [0.3, 0.4) is 0 Å². The van der Waals surface area contributed by atoms with Gasteiger partial charge in [-0.15, -0.1) is 0 Å². The van der Waals surface area contributed by atoms with E-state index in [2.05, 4.69) is 0 Å². The minimum Gasteiger partial charge on any atom is -0.465 e. The summed E-state index contributed by atoms with van der Waals surface area (Å²) >= 11 is 0. The number of fused-ring (bicyclic) bond motifs is 1. The van der Waals surface area contributed by atoms with E-state index < -0.39 is 0 Å². The zero-order chi connectivity index (χ0) is 16.7. The summed E-state index contributed by atoms with van der Waals surface area (Å²) in [7, 11) is 0. The Morgan fingerprint density at radius 3 is 2.88 bits per heavy atom. The van der Waals surface area contributed by atoms with Gasteiger partial charge in [0.1, 0.15) is 12.4 Å². The number of hydrogen-bond acceptors (Lipinski definition) is 4. The fraction of sp³-hybridized carbons (Fsp3) is 0.500. The number of benzene rings is 1. The Balaban J connectivity index is 1.69. The summed E-state index contributed by atoms with van der Waals surface area (Å²) < 4.78 is 7.03. The summed E-state index contributed by atoms with van der Waals surface area (Å²) in [5.74, 6) is 0.795. The zero-order valence-corrected chi connectivity index (χ0v) is 13.8. The van der Waals surface area contributed by atoms with Crippen LogP contribution in [-0.4, -0.2) is 45.5 Å². The van der Waals surface area contributed by atoms with Crippen LogP contribution in [0.25, 0.3) is 11.0 Å². The molecule has 6 nitrogen and oxygen atoms in total. The van der Waals surface area contributed by atoms with E-state index in [1.807, 2.05) is 33.7 Å². The second kappa shape index (κ2) is 5.92. The number of imidazole rings is 1. The van der Waals surface area contributed by atoms with Crippen molar-refractivity contribution in [2.75, 3.05) is 13.2 Å². The molecule has 4 rings (SSSR count). The molecule has 2 aromatic rings. The second-order valence-electron chi connectivity index (χ2n) is 6.53. The minimum absolute atomic E-state index is 0.0416. The highest BCUT2D eigenvalue weighted by molar-refractivity contribution is 5.82. The third-order valence-corrected chi connectivity index (χ3v) is 4.79. The van der Waals surface area contributed by atoms with Crippen LogP contribution in [0.4, 0.5) is 0 Å². The molecule has 6 heteroatoms. The number of amides is 1. The number of likely N-dealkylation sites (tertiary alicyclic amines) is 1. The first-order valence-electron chi connectivity index (χ1n) is 8.57. The first-order chi connectivity index (χ1) is 11.7. The fourth-order valence-corrected chi connectivity index (χ4v) is 3.55. The molecule has 0 N–H and O–H groups in total. The zero-order valence-electron chi connectivity index (χ0n) is 13.8. The van der Waals surface area contributed by atoms with E-state index in [1.54, 1.807) is 6.92 Å². The van der Waals surface area contributed by atoms with Crippen LogP contribution in [0.15, 0.2) is 24.3 Å². The first kappa shape index (κ1) is 15.2. The van der Waals surface area contributed by atoms with Gasteiger partial charge in [-0.3, -0.25) is 9.59 Å². The molecule has 126 valence electrons. The van der Waals surface area contributed by atoms with Crippen molar-refractivity contribution in [1.29, 1.82) is 0 Å². The largest absolute Gasteiger partial charge is 0.465 e. The van der Waals surface area contributed by atoms with Crippen molar-refractivity contribution in [3.8, 4) is 0 Å². The number of carbonyl (C=O) groups is 2. The first-order valence-corrected chi connectivity index (χ1v) is 8.57. The van der Waals surface area contributed by atoms with E-state index in [9.17, 15) is 9.59 Å². The molecule has 1 unspecified atom stereocenters. The van der Waals surface area contributed by atoms with Gasteiger partial charge in [-0.1, -0.05) is 12.1 Å². The summed E-state index contributed by atoms with van der Waals surface area (Å²) in [5.41, 5.74) is 1.77. The van der Waals surface area contributed by atoms with Gasteiger partial charge in [0.05, 0.1) is 17.6 Å². The van der Waals surface area contributed by atoms with Crippen molar-refractivity contribution in [1.82, 2.24) is 14.5 Å². The van der Waals surface area contributed by atoms with Gasteiger partial charge < -0.3 is 14.2 Å². The van der Waals surface area contributed by atoms with E-state index in [1.165, 1.54) is 0 Å². The summed E-state index contributed by atoms with van der Waals surface area (Å²) in [4.78, 5) is 31.0. The fourth-order valence-electron chi connectivity index (χ4n) is 3.55. The number of aromatic nitrogens is 2. The van der Waals surface area contributed by atoms with E-state index in [-0.39, 0.29) is 24.3 Å². The normalized spacial score (nSPS) is 20.8. The van der Waals surface area contributed by atoms with Gasteiger partial charge in [0.25, 0.3) is 0 Å². The SMILES string of the molecule is CCOC(=O)Cn1c(C2CC(=O)N(C3CC3)C2)nc2ccccc21. The molecule has 1 aromatic carbocycles. The highest BCUT2D eigenvalue weighted by Crippen LogP contribution is 2.37. The van der Waals surface area contributed by atoms with Crippen LogP contribution in [0.2, 0.25) is 0 Å². The van der Waals surface area contributed by atoms with Gasteiger partial charge >= 0.3 is 5.97 Å². The van der Waals surface area contributed by atoms with Crippen LogP contribution in [0, 0.1) is 0 Å². The highest BCUT2D eigenvalue weighted by atomic mass is 16.5. The van der Waals surface area contributed by atoms with Crippen molar-refractivity contribution in [2.45, 2.75) is 44.7 Å². The van der Waals surface area contributed by atoms with E-state index in [0.717, 1.165) is 29.7 Å². The highest BCUT2D eigenvalue weighted by Gasteiger charge is 2.41. The maximum absolute atomic E-state index is 12.3. The molecule has 1 saturated heterocycles. The quantitative estimate of drug-likeness (QED) is 0.789. The number of para-hydroxylation sites is 2. The molecule has 0 radical (unpaired) electrons. The molecule has 1 atom stereocenters. The maximum Gasteiger partial charge on any atom is 0.326 e. The molecule has 0 bridgehead atoms. The molecule has 2 heterocycles. The number of carbonyl (C=O) groups excluding carboxylic acids is 2. The lowest BCUT2D eigenvalue weighted by atomic mass is 10.1. The Hall–Kier alpha value is -2.37. The van der Waals surface area contributed by atoms with E-state index in [0.29, 0.717) is 25.6 Å². The predicted octanol–water partition coefficient (Wildman–Crippen LogP) is 2.08. The maximum atomic E-state index is 12.3. The Labute approximate surface area is 140 Å². The molecule has 1 aromatic heterocycles. The summed E-state index contributed by atoms with van der Waals surface area (Å²) in [5, 5.41) is 0. The average molecular weight is 327 g/mol. The third-order valence-electron chi connectivity index (χ3n) is 4.79. The Kier molecular flexibility index (Phi) is 3.75. The smallest absolute Gasteiger partial charge is 0.326 e. The lowest BCUT2D eigenvalue weighted by molar-refractivity contribution is -0.143. The van der Waals surface area contributed by atoms with Gasteiger partial charge in [-0.2, -0.15) is 0 Å². The molecule has 24 heavy (non-hydrogen) atoms. The third kappa shape index (κ3) is 2.66. The van der Waals surface area contributed by atoms with Crippen LogP contribution >= 0.6 is 0 Å². The van der Waals surface area contributed by atoms with Crippen molar-refractivity contribution >= 4 is 22.9 Å². The topological polar surface area (TPSA) is 64.4 Å². The summed E-state index contributed by atoms with van der Waals surface area (Å²) in [6.07, 6.45) is 2.69. The van der Waals surface area contributed by atoms with Crippen LogP contribution < -0.4 is 0 Å². The van der Waals surface area contributed by atoms with E-state index >= 15 is 0 Å². The van der Waals surface area contributed by atoms with Crippen molar-refractivity contribution in [2.24, 2.45) is 0 Å². The average Bonchev–Trinajstić information content (AvgIpc) is 3.25. The van der Waals surface area contributed by atoms with Crippen LogP contribution in [0.1, 0.15) is 37.9 Å². The summed E-state index contributed by atoms with van der Waals surface area (Å²) in [6, 6.07) is 8.19. The van der Waals surface area contributed by atoms with Crippen LogP contribution in [-0.2, 0) is 20.9 Å². The Morgan fingerprint density at radius 1 is 1.33 bits per heavy atom. The molecule has 1 aliphatic carbocycles. The van der Waals surface area contributed by atoms with Gasteiger partial charge in [0, 0.05) is 24.9 Å². The lowest BCUT2D eigenvalue weighted by Gasteiger charge is -2.16. The van der Waals surface area contributed by atoms with Gasteiger partial charge in [-0.25, -0.2) is 4.98 Å². The van der Waals surface area contributed by atoms with Crippen molar-refractivity contribution in [3.05, 3.63) is 30.1 Å². The molecule has 0 spiro atoms. The minimum atomic E-state index is -0.273. The molecule has 1 aliphatic heterocycles. The molecular weight excluding hydrogens is 306 g/mol. The van der Waals surface area contributed by atoms with Crippen LogP contribution in [0.5, 0.6) is 0 Å². The molecule has 2 aliphatic rings. The standard InChI is InChI=1S/C18H21N3O3/c1-2-24-17(23)11-21-15-6-4-3-5-14(15)19-18(21)12-9-16(22)20(10-12)13-7-8-13/h3-6,12-13H,2,7-11H2,1H3. The van der Waals surface area contributed by atoms with E-state index in [4.69, 9.17) is 9.72 Å². The molecular formula is C18H21N3O3. The van der Waals surface area contributed by atoms with Gasteiger partial charge in [0.15, 0.2) is 0 Å². The molecule has 2 fully saturated rings. The summed E-state index contributed by atoms with van der Waals surface area (Å²) in [6.45, 7) is 3.00. The van der Waals surface area contributed by atoms with Crippen molar-refractivity contribution < 1.29 is 14.3 Å². The lowest BCUT2D eigenvalue weighted by Crippen LogP contribution is -2.27. The Bertz CT molecular complexity index is 794. The number of esters is 1. The van der Waals surface area contributed by atoms with Gasteiger partial charge in [-0.05, 0) is 31.9 Å².